The molecule has 0 amide bonds. The fourth-order valence-corrected chi connectivity index (χ4v) is 2.43. The molecule has 6 heteroatoms. The van der Waals surface area contributed by atoms with Gasteiger partial charge in [-0.15, -0.1) is 11.3 Å². The number of nitrogens with one attached hydrogen (secondary N) is 1. The molecule has 17 heavy (non-hydrogen) atoms. The lowest BCUT2D eigenvalue weighted by atomic mass is 10.2. The molecule has 0 bridgehead atoms. The van der Waals surface area contributed by atoms with Crippen molar-refractivity contribution >= 4 is 28.8 Å². The Bertz CT molecular complexity index is 489. The van der Waals surface area contributed by atoms with Crippen molar-refractivity contribution in [1.82, 2.24) is 9.97 Å². The van der Waals surface area contributed by atoms with Crippen LogP contribution in [0.1, 0.15) is 11.8 Å². The quantitative estimate of drug-likeness (QED) is 0.867. The highest BCUT2D eigenvalue weighted by Gasteiger charge is 2.10. The molecule has 2 heterocycles. The molecule has 0 saturated carbocycles. The van der Waals surface area contributed by atoms with Gasteiger partial charge in [-0.05, 0) is 30.0 Å². The predicted octanol–water partition coefficient (Wildman–Crippen LogP) is 3.37. The number of hydrogen-bond acceptors (Lipinski definition) is 4. The maximum absolute atomic E-state index is 13.4. The zero-order valence-corrected chi connectivity index (χ0v) is 10.7. The van der Waals surface area contributed by atoms with E-state index >= 15 is 0 Å². The summed E-state index contributed by atoms with van der Waals surface area (Å²) in [6.45, 7) is 1.97. The number of anilines is 1. The molecule has 0 aliphatic rings. The summed E-state index contributed by atoms with van der Waals surface area (Å²) in [5.41, 5.74) is 0. The van der Waals surface area contributed by atoms with E-state index in [9.17, 15) is 4.39 Å². The summed E-state index contributed by atoms with van der Waals surface area (Å²) in [4.78, 5) is 8.62. The van der Waals surface area contributed by atoms with Gasteiger partial charge in [-0.25, -0.2) is 9.37 Å². The molecule has 2 rings (SSSR count). The predicted molar refractivity (Wildman–Crippen MR) is 68.1 cm³/mol. The smallest absolute Gasteiger partial charge is 0.224 e. The van der Waals surface area contributed by atoms with Crippen molar-refractivity contribution in [3.05, 3.63) is 39.7 Å². The first-order valence-electron chi connectivity index (χ1n) is 5.12. The number of halogens is 2. The van der Waals surface area contributed by atoms with E-state index in [1.165, 1.54) is 4.88 Å². The molecule has 0 aliphatic heterocycles. The molecule has 0 radical (unpaired) electrons. The third-order valence-corrected chi connectivity index (χ3v) is 3.27. The van der Waals surface area contributed by atoms with Gasteiger partial charge in [-0.1, -0.05) is 6.07 Å². The van der Waals surface area contributed by atoms with Crippen LogP contribution in [0.15, 0.2) is 23.7 Å². The molecule has 1 unspecified atom stereocenters. The number of rotatable bonds is 4. The average molecular weight is 272 g/mol. The first kappa shape index (κ1) is 12.3. The van der Waals surface area contributed by atoms with Gasteiger partial charge in [0, 0.05) is 17.3 Å². The zero-order valence-electron chi connectivity index (χ0n) is 9.15. The van der Waals surface area contributed by atoms with Gasteiger partial charge in [0.15, 0.2) is 11.6 Å². The molecule has 1 atom stereocenters. The Hall–Kier alpha value is -1.20. The second kappa shape index (κ2) is 5.42. The SMILES string of the molecule is CC(Cc1cccs1)Nc1nc(Cl)ncc1F. The molecular weight excluding hydrogens is 261 g/mol. The van der Waals surface area contributed by atoms with Gasteiger partial charge in [0.2, 0.25) is 5.28 Å². The minimum atomic E-state index is -0.493. The van der Waals surface area contributed by atoms with Crippen molar-refractivity contribution in [1.29, 1.82) is 0 Å². The molecule has 2 aromatic rings. The Balaban J connectivity index is 2.02. The lowest BCUT2D eigenvalue weighted by molar-refractivity contribution is 0.612. The van der Waals surface area contributed by atoms with Crippen molar-refractivity contribution in [2.45, 2.75) is 19.4 Å². The van der Waals surface area contributed by atoms with Crippen LogP contribution in [0.3, 0.4) is 0 Å². The highest BCUT2D eigenvalue weighted by molar-refractivity contribution is 7.09. The first-order valence-corrected chi connectivity index (χ1v) is 6.38. The fraction of sp³-hybridized carbons (Fsp3) is 0.273. The summed E-state index contributed by atoms with van der Waals surface area (Å²) in [7, 11) is 0. The van der Waals surface area contributed by atoms with Crippen molar-refractivity contribution in [3.8, 4) is 0 Å². The van der Waals surface area contributed by atoms with E-state index in [4.69, 9.17) is 11.6 Å². The molecule has 1 N–H and O–H groups in total. The van der Waals surface area contributed by atoms with E-state index in [0.717, 1.165) is 12.6 Å². The van der Waals surface area contributed by atoms with Gasteiger partial charge >= 0.3 is 0 Å². The molecule has 0 saturated heterocycles. The van der Waals surface area contributed by atoms with E-state index in [1.807, 2.05) is 24.4 Å². The van der Waals surface area contributed by atoms with Crippen LogP contribution in [-0.2, 0) is 6.42 Å². The molecule has 0 spiro atoms. The zero-order chi connectivity index (χ0) is 12.3. The van der Waals surface area contributed by atoms with Gasteiger partial charge < -0.3 is 5.32 Å². The normalized spacial score (nSPS) is 12.4. The Kier molecular flexibility index (Phi) is 3.91. The Labute approximate surface area is 108 Å². The number of thiophene rings is 1. The Morgan fingerprint density at radius 1 is 1.59 bits per heavy atom. The van der Waals surface area contributed by atoms with Crippen LogP contribution >= 0.6 is 22.9 Å². The highest BCUT2D eigenvalue weighted by atomic mass is 35.5. The maximum Gasteiger partial charge on any atom is 0.224 e. The van der Waals surface area contributed by atoms with Crippen LogP contribution in [0, 0.1) is 5.82 Å². The van der Waals surface area contributed by atoms with Crippen LogP contribution in [0.4, 0.5) is 10.2 Å². The second-order valence-corrected chi connectivity index (χ2v) is 5.03. The number of aromatic nitrogens is 2. The fourth-order valence-electron chi connectivity index (χ4n) is 1.46. The van der Waals surface area contributed by atoms with Crippen LogP contribution in [0.5, 0.6) is 0 Å². The molecule has 3 nitrogen and oxygen atoms in total. The van der Waals surface area contributed by atoms with E-state index in [0.29, 0.717) is 0 Å². The molecule has 0 aliphatic carbocycles. The lowest BCUT2D eigenvalue weighted by Crippen LogP contribution is -2.19. The molecular formula is C11H11ClFN3S. The minimum Gasteiger partial charge on any atom is -0.365 e. The summed E-state index contributed by atoms with van der Waals surface area (Å²) in [6.07, 6.45) is 1.88. The maximum atomic E-state index is 13.4. The number of nitrogens with zero attached hydrogens (tertiary/aromatic N) is 2. The standard InChI is InChI=1S/C11H11ClFN3S/c1-7(5-8-3-2-4-17-8)15-10-9(13)6-14-11(12)16-10/h2-4,6-7H,5H2,1H3,(H,14,15,16). The average Bonchev–Trinajstić information content (AvgIpc) is 2.76. The van der Waals surface area contributed by atoms with Crippen molar-refractivity contribution < 1.29 is 4.39 Å². The van der Waals surface area contributed by atoms with Gasteiger partial charge in [0.05, 0.1) is 6.20 Å². The third kappa shape index (κ3) is 3.38. The van der Waals surface area contributed by atoms with Gasteiger partial charge in [0.1, 0.15) is 0 Å². The summed E-state index contributed by atoms with van der Waals surface area (Å²) < 4.78 is 13.4. The Morgan fingerprint density at radius 2 is 2.41 bits per heavy atom. The van der Waals surface area contributed by atoms with Gasteiger partial charge in [0.25, 0.3) is 0 Å². The van der Waals surface area contributed by atoms with Crippen LogP contribution in [-0.4, -0.2) is 16.0 Å². The Morgan fingerprint density at radius 3 is 3.12 bits per heavy atom. The molecule has 0 fully saturated rings. The second-order valence-electron chi connectivity index (χ2n) is 3.66. The number of hydrogen-bond donors (Lipinski definition) is 1. The summed E-state index contributed by atoms with van der Waals surface area (Å²) in [5.74, 6) is -0.346. The monoisotopic (exact) mass is 271 g/mol. The third-order valence-electron chi connectivity index (χ3n) is 2.19. The van der Waals surface area contributed by atoms with Crippen molar-refractivity contribution in [3.63, 3.8) is 0 Å². The topological polar surface area (TPSA) is 37.8 Å². The summed E-state index contributed by atoms with van der Waals surface area (Å²) in [5, 5.41) is 5.04. The minimum absolute atomic E-state index is 0.0391. The van der Waals surface area contributed by atoms with Crippen molar-refractivity contribution in [2.24, 2.45) is 0 Å². The van der Waals surface area contributed by atoms with Crippen LogP contribution in [0.2, 0.25) is 5.28 Å². The lowest BCUT2D eigenvalue weighted by Gasteiger charge is -2.13. The summed E-state index contributed by atoms with van der Waals surface area (Å²) >= 11 is 7.29. The van der Waals surface area contributed by atoms with Crippen LogP contribution in [0.25, 0.3) is 0 Å². The molecule has 2 aromatic heterocycles. The molecule has 0 aromatic carbocycles. The largest absolute Gasteiger partial charge is 0.365 e. The van der Waals surface area contributed by atoms with Gasteiger partial charge in [-0.2, -0.15) is 4.98 Å². The van der Waals surface area contributed by atoms with E-state index in [-0.39, 0.29) is 17.1 Å². The van der Waals surface area contributed by atoms with Crippen molar-refractivity contribution in [2.75, 3.05) is 5.32 Å². The van der Waals surface area contributed by atoms with E-state index < -0.39 is 5.82 Å². The molecule has 90 valence electrons. The van der Waals surface area contributed by atoms with E-state index in [1.54, 1.807) is 11.3 Å². The van der Waals surface area contributed by atoms with Crippen LogP contribution < -0.4 is 5.32 Å². The first-order chi connectivity index (χ1) is 8.15. The van der Waals surface area contributed by atoms with Gasteiger partial charge in [-0.3, -0.25) is 0 Å². The summed E-state index contributed by atoms with van der Waals surface area (Å²) in [6, 6.07) is 4.12. The van der Waals surface area contributed by atoms with E-state index in [2.05, 4.69) is 15.3 Å². The highest BCUT2D eigenvalue weighted by Crippen LogP contribution is 2.16.